The van der Waals surface area contributed by atoms with Gasteiger partial charge < -0.3 is 31.7 Å². The number of carbonyl (C=O) groups excluding carboxylic acids is 1. The van der Waals surface area contributed by atoms with E-state index in [0.29, 0.717) is 12.8 Å². The molecular weight excluding hydrogens is 371 g/mol. The van der Waals surface area contributed by atoms with Crippen LogP contribution in [0, 0.1) is 5.41 Å². The van der Waals surface area contributed by atoms with E-state index in [0.717, 1.165) is 12.8 Å². The van der Waals surface area contributed by atoms with Gasteiger partial charge in [0.15, 0.2) is 0 Å². The molecule has 0 atom stereocenters. The van der Waals surface area contributed by atoms with E-state index in [4.69, 9.17) is 30.3 Å². The van der Waals surface area contributed by atoms with Crippen molar-refractivity contribution in [2.75, 3.05) is 26.4 Å². The molecule has 27 heavy (non-hydrogen) atoms. The number of ether oxygens (including phenoxy) is 1. The number of hydrogen-bond donors (Lipinski definition) is 5. The van der Waals surface area contributed by atoms with Crippen molar-refractivity contribution in [3.8, 4) is 0 Å². The number of rotatable bonds is 13. The Morgan fingerprint density at radius 1 is 0.889 bits per heavy atom. The molecular formula is C17H31NaO9. The molecule has 0 radical (unpaired) electrons. The van der Waals surface area contributed by atoms with Crippen LogP contribution in [0.2, 0.25) is 0 Å². The van der Waals surface area contributed by atoms with Crippen LogP contribution in [0.4, 0.5) is 0 Å². The molecule has 9 nitrogen and oxygen atoms in total. The van der Waals surface area contributed by atoms with Crippen molar-refractivity contribution in [2.24, 2.45) is 5.41 Å². The molecule has 0 heterocycles. The maximum absolute atomic E-state index is 11.0. The molecule has 5 N–H and O–H groups in total. The smallest absolute Gasteiger partial charge is 1.00 e. The standard InChI is InChI=1S/C9H16O5.C8H14O4.Na.H/c1-7(2)8(13)14-6-9(3-10,4-11)5-12;9-7(10)5-3-1-2-4-6-8(11)12;;/h10-12H,1,3-6H2,2H3;1-6H2,(H,9,10)(H,11,12);;/q;;+1;-1. The minimum Gasteiger partial charge on any atom is -1.00 e. The van der Waals surface area contributed by atoms with Gasteiger partial charge in [0, 0.05) is 18.4 Å². The van der Waals surface area contributed by atoms with Gasteiger partial charge in [0.25, 0.3) is 0 Å². The largest absolute Gasteiger partial charge is 1.00 e. The third kappa shape index (κ3) is 18.2. The van der Waals surface area contributed by atoms with Crippen molar-refractivity contribution in [1.82, 2.24) is 0 Å². The topological polar surface area (TPSA) is 162 Å². The van der Waals surface area contributed by atoms with E-state index in [-0.39, 0.29) is 56.0 Å². The van der Waals surface area contributed by atoms with E-state index >= 15 is 0 Å². The number of aliphatic hydroxyl groups is 3. The number of aliphatic carboxylic acids is 2. The van der Waals surface area contributed by atoms with Crippen LogP contribution in [0.25, 0.3) is 0 Å². The molecule has 0 rings (SSSR count). The molecule has 10 heteroatoms. The number of carboxylic acids is 2. The second-order valence-electron chi connectivity index (χ2n) is 6.03. The Morgan fingerprint density at radius 2 is 1.26 bits per heavy atom. The van der Waals surface area contributed by atoms with E-state index in [9.17, 15) is 14.4 Å². The number of esters is 1. The van der Waals surface area contributed by atoms with E-state index in [1.54, 1.807) is 0 Å². The number of carbonyl (C=O) groups is 3. The first-order valence-corrected chi connectivity index (χ1v) is 8.23. The number of unbranched alkanes of at least 4 members (excludes halogenated alkanes) is 3. The Hall–Kier alpha value is -0.970. The van der Waals surface area contributed by atoms with Gasteiger partial charge in [0.2, 0.25) is 0 Å². The first-order chi connectivity index (χ1) is 12.1. The maximum Gasteiger partial charge on any atom is 1.00 e. The molecule has 0 unspecified atom stereocenters. The molecule has 0 spiro atoms. The van der Waals surface area contributed by atoms with Crippen LogP contribution in [-0.4, -0.2) is 69.9 Å². The normalized spacial score (nSPS) is 10.1. The zero-order chi connectivity index (χ0) is 20.6. The van der Waals surface area contributed by atoms with Crippen LogP contribution in [-0.2, 0) is 19.1 Å². The van der Waals surface area contributed by atoms with Crippen molar-refractivity contribution in [1.29, 1.82) is 0 Å². The first kappa shape index (κ1) is 30.7. The maximum atomic E-state index is 11.0. The third-order valence-electron chi connectivity index (χ3n) is 3.40. The molecule has 0 aliphatic heterocycles. The summed E-state index contributed by atoms with van der Waals surface area (Å²) in [5, 5.41) is 43.2. The molecule has 0 amide bonds. The number of hydrogen-bond acceptors (Lipinski definition) is 7. The summed E-state index contributed by atoms with van der Waals surface area (Å²) in [6.45, 7) is 3.26. The van der Waals surface area contributed by atoms with E-state index in [1.807, 2.05) is 0 Å². The molecule has 154 valence electrons. The van der Waals surface area contributed by atoms with Crippen molar-refractivity contribution in [3.05, 3.63) is 12.2 Å². The second kappa shape index (κ2) is 18.4. The Morgan fingerprint density at radius 3 is 1.52 bits per heavy atom. The Balaban J connectivity index is -0.000000194. The van der Waals surface area contributed by atoms with Crippen LogP contribution in [0.15, 0.2) is 12.2 Å². The average Bonchev–Trinajstić information content (AvgIpc) is 2.59. The molecule has 0 bridgehead atoms. The van der Waals surface area contributed by atoms with Gasteiger partial charge in [-0.3, -0.25) is 9.59 Å². The summed E-state index contributed by atoms with van der Waals surface area (Å²) in [6.07, 6.45) is 3.28. The van der Waals surface area contributed by atoms with Crippen LogP contribution in [0.3, 0.4) is 0 Å². The molecule has 0 aliphatic rings. The van der Waals surface area contributed by atoms with E-state index in [2.05, 4.69) is 6.58 Å². The fourth-order valence-corrected chi connectivity index (χ4v) is 1.53. The predicted octanol–water partition coefficient (Wildman–Crippen LogP) is -2.32. The number of carboxylic acid groups (broad SMARTS) is 2. The summed E-state index contributed by atoms with van der Waals surface area (Å²) in [6, 6.07) is 0. The second-order valence-corrected chi connectivity index (χ2v) is 6.03. The van der Waals surface area contributed by atoms with Crippen LogP contribution < -0.4 is 29.6 Å². The summed E-state index contributed by atoms with van der Waals surface area (Å²) < 4.78 is 4.72. The van der Waals surface area contributed by atoms with E-state index in [1.165, 1.54) is 6.92 Å². The zero-order valence-electron chi connectivity index (χ0n) is 17.1. The van der Waals surface area contributed by atoms with Crippen LogP contribution in [0.5, 0.6) is 0 Å². The molecule has 0 aromatic heterocycles. The van der Waals surface area contributed by atoms with Crippen molar-refractivity contribution in [2.45, 2.75) is 45.4 Å². The van der Waals surface area contributed by atoms with Crippen molar-refractivity contribution < 1.29 is 75.6 Å². The molecule has 0 fully saturated rings. The van der Waals surface area contributed by atoms with Crippen molar-refractivity contribution >= 4 is 17.9 Å². The quantitative estimate of drug-likeness (QED) is 0.0985. The monoisotopic (exact) mass is 402 g/mol. The molecule has 0 saturated heterocycles. The van der Waals surface area contributed by atoms with Crippen LogP contribution in [0.1, 0.15) is 46.9 Å². The molecule has 0 aromatic carbocycles. The summed E-state index contributed by atoms with van der Waals surface area (Å²) in [5.41, 5.74) is -0.946. The van der Waals surface area contributed by atoms with Gasteiger partial charge in [-0.15, -0.1) is 0 Å². The summed E-state index contributed by atoms with van der Waals surface area (Å²) in [4.78, 5) is 31.1. The Kier molecular flexibility index (Phi) is 20.9. The van der Waals surface area contributed by atoms with Crippen molar-refractivity contribution in [3.63, 3.8) is 0 Å². The summed E-state index contributed by atoms with van der Waals surface area (Å²) in [5.74, 6) is -2.17. The fraction of sp³-hybridized carbons (Fsp3) is 0.706. The zero-order valence-corrected chi connectivity index (χ0v) is 18.1. The Bertz CT molecular complexity index is 428. The summed E-state index contributed by atoms with van der Waals surface area (Å²) >= 11 is 0. The SMILES string of the molecule is C=C(C)C(=O)OCC(CO)(CO)CO.O=C(O)CCCCCCC(=O)O.[H-].[Na+]. The molecule has 0 aliphatic carbocycles. The third-order valence-corrected chi connectivity index (χ3v) is 3.40. The van der Waals surface area contributed by atoms with Crippen LogP contribution >= 0.6 is 0 Å². The average molecular weight is 402 g/mol. The predicted molar refractivity (Wildman–Crippen MR) is 93.5 cm³/mol. The molecule has 0 saturated carbocycles. The van der Waals surface area contributed by atoms with E-state index < -0.39 is 43.1 Å². The minimum atomic E-state index is -1.18. The first-order valence-electron chi connectivity index (χ1n) is 8.23. The summed E-state index contributed by atoms with van der Waals surface area (Å²) in [7, 11) is 0. The van der Waals surface area contributed by atoms with Gasteiger partial charge in [0.05, 0.1) is 25.2 Å². The van der Waals surface area contributed by atoms with Gasteiger partial charge in [0.1, 0.15) is 6.61 Å². The van der Waals surface area contributed by atoms with Gasteiger partial charge >= 0.3 is 47.5 Å². The number of aliphatic hydroxyl groups excluding tert-OH is 3. The molecule has 0 aromatic rings. The van der Waals surface area contributed by atoms with Gasteiger partial charge in [-0.2, -0.15) is 0 Å². The minimum absolute atomic E-state index is 0. The Labute approximate surface area is 182 Å². The van der Waals surface area contributed by atoms with Gasteiger partial charge in [-0.1, -0.05) is 19.4 Å². The fourth-order valence-electron chi connectivity index (χ4n) is 1.53. The van der Waals surface area contributed by atoms with Gasteiger partial charge in [-0.05, 0) is 19.8 Å². The van der Waals surface area contributed by atoms with Gasteiger partial charge in [-0.25, -0.2) is 4.79 Å².